The fraction of sp³-hybridized carbons (Fsp3) is 0.357. The van der Waals surface area contributed by atoms with E-state index < -0.39 is 11.9 Å². The van der Waals surface area contributed by atoms with E-state index in [-0.39, 0.29) is 18.2 Å². The van der Waals surface area contributed by atoms with Crippen LogP contribution < -0.4 is 5.73 Å². The van der Waals surface area contributed by atoms with Gasteiger partial charge in [0.05, 0.1) is 16.8 Å². The molecule has 21 heavy (non-hydrogen) atoms. The van der Waals surface area contributed by atoms with Gasteiger partial charge in [0.25, 0.3) is 0 Å². The molecule has 0 saturated heterocycles. The Balaban J connectivity index is 2.53. The number of rotatable bonds is 6. The van der Waals surface area contributed by atoms with Gasteiger partial charge in [0.2, 0.25) is 5.91 Å². The van der Waals surface area contributed by atoms with Gasteiger partial charge in [-0.25, -0.2) is 4.98 Å². The van der Waals surface area contributed by atoms with Gasteiger partial charge in [0, 0.05) is 12.5 Å². The van der Waals surface area contributed by atoms with E-state index in [1.165, 1.54) is 0 Å². The Hall–Kier alpha value is -2.02. The van der Waals surface area contributed by atoms with E-state index >= 15 is 0 Å². The predicted octanol–water partition coefficient (Wildman–Crippen LogP) is 1.96. The zero-order chi connectivity index (χ0) is 15.6. The van der Waals surface area contributed by atoms with Gasteiger partial charge in [-0.05, 0) is 25.5 Å². The van der Waals surface area contributed by atoms with Crippen LogP contribution in [-0.2, 0) is 9.59 Å². The zero-order valence-corrected chi connectivity index (χ0v) is 12.7. The van der Waals surface area contributed by atoms with Gasteiger partial charge in [0.15, 0.2) is 5.16 Å². The lowest BCUT2D eigenvalue weighted by Gasteiger charge is -2.16. The number of hydrogen-bond donors (Lipinski definition) is 2. The van der Waals surface area contributed by atoms with Crippen molar-refractivity contribution in [2.45, 2.75) is 31.5 Å². The number of aromatic nitrogens is 2. The van der Waals surface area contributed by atoms with Crippen LogP contribution in [0, 0.1) is 6.92 Å². The highest BCUT2D eigenvalue weighted by Crippen LogP contribution is 2.30. The van der Waals surface area contributed by atoms with Crippen molar-refractivity contribution in [3.63, 3.8) is 0 Å². The lowest BCUT2D eigenvalue weighted by Crippen LogP contribution is -2.18. The molecule has 0 spiro atoms. The minimum absolute atomic E-state index is 0.0777. The second-order valence-corrected chi connectivity index (χ2v) is 5.85. The molecule has 0 aliphatic carbocycles. The minimum atomic E-state index is -0.905. The molecule has 1 atom stereocenters. The summed E-state index contributed by atoms with van der Waals surface area (Å²) in [6, 6.07) is 5.56. The number of imidazole rings is 1. The summed E-state index contributed by atoms with van der Waals surface area (Å²) in [4.78, 5) is 26.5. The highest BCUT2D eigenvalue weighted by Gasteiger charge is 2.19. The Morgan fingerprint density at radius 3 is 2.81 bits per heavy atom. The second kappa shape index (κ2) is 6.17. The van der Waals surface area contributed by atoms with Crippen LogP contribution in [0.3, 0.4) is 0 Å². The number of carbonyl (C=O) groups is 2. The maximum absolute atomic E-state index is 11.2. The third-order valence-corrected chi connectivity index (χ3v) is 4.08. The van der Waals surface area contributed by atoms with E-state index in [1.54, 1.807) is 0 Å². The van der Waals surface area contributed by atoms with Crippen molar-refractivity contribution in [2.24, 2.45) is 5.73 Å². The second-order valence-electron chi connectivity index (χ2n) is 4.91. The van der Waals surface area contributed by atoms with Crippen LogP contribution >= 0.6 is 11.8 Å². The number of nitrogens with two attached hydrogens (primary N) is 1. The summed E-state index contributed by atoms with van der Waals surface area (Å²) in [5, 5.41) is 9.44. The van der Waals surface area contributed by atoms with Gasteiger partial charge in [-0.3, -0.25) is 9.59 Å². The highest BCUT2D eigenvalue weighted by molar-refractivity contribution is 7.99. The molecule has 0 saturated carbocycles. The number of para-hydroxylation sites is 1. The van der Waals surface area contributed by atoms with E-state index in [9.17, 15) is 9.59 Å². The van der Waals surface area contributed by atoms with Crippen molar-refractivity contribution in [2.75, 3.05) is 5.75 Å². The lowest BCUT2D eigenvalue weighted by atomic mass is 10.1. The number of thioether (sulfide) groups is 1. The monoisotopic (exact) mass is 307 g/mol. The first-order chi connectivity index (χ1) is 9.90. The van der Waals surface area contributed by atoms with E-state index in [4.69, 9.17) is 10.8 Å². The van der Waals surface area contributed by atoms with Crippen LogP contribution in [0.15, 0.2) is 23.4 Å². The molecular weight excluding hydrogens is 290 g/mol. The number of nitrogens with zero attached hydrogens (tertiary/aromatic N) is 2. The molecule has 0 aliphatic rings. The molecule has 2 rings (SSSR count). The quantitative estimate of drug-likeness (QED) is 0.795. The molecular formula is C14H17N3O3S. The summed E-state index contributed by atoms with van der Waals surface area (Å²) in [5.74, 6) is -1.38. The maximum atomic E-state index is 11.2. The molecule has 2 aromatic rings. The summed E-state index contributed by atoms with van der Waals surface area (Å²) in [6.07, 6.45) is 0.181. The molecule has 7 heteroatoms. The number of aliphatic carboxylic acids is 1. The molecule has 6 nitrogen and oxygen atoms in total. The standard InChI is InChI=1S/C14H17N3O3S/c1-8-4-3-5-10-13(8)17(9(2)6-11(15)18)14(16-10)21-7-12(19)20/h3-5,9H,6-7H2,1-2H3,(H2,15,18)(H,19,20). The summed E-state index contributed by atoms with van der Waals surface area (Å²) < 4.78 is 1.91. The molecule has 1 aromatic heterocycles. The van der Waals surface area contributed by atoms with Gasteiger partial charge < -0.3 is 15.4 Å². The van der Waals surface area contributed by atoms with Crippen molar-refractivity contribution in [3.05, 3.63) is 23.8 Å². The molecule has 0 aliphatic heterocycles. The first-order valence-electron chi connectivity index (χ1n) is 6.50. The van der Waals surface area contributed by atoms with Crippen LogP contribution in [0.4, 0.5) is 0 Å². The van der Waals surface area contributed by atoms with Crippen molar-refractivity contribution < 1.29 is 14.7 Å². The summed E-state index contributed by atoms with van der Waals surface area (Å²) in [6.45, 7) is 3.84. The molecule has 1 aromatic carbocycles. The average molecular weight is 307 g/mol. The first kappa shape index (κ1) is 15.4. The van der Waals surface area contributed by atoms with Crippen molar-refractivity contribution >= 4 is 34.7 Å². The maximum Gasteiger partial charge on any atom is 0.313 e. The van der Waals surface area contributed by atoms with E-state index in [2.05, 4.69) is 4.98 Å². The summed E-state index contributed by atoms with van der Waals surface area (Å²) in [7, 11) is 0. The van der Waals surface area contributed by atoms with Crippen LogP contribution in [0.5, 0.6) is 0 Å². The molecule has 0 fully saturated rings. The number of benzene rings is 1. The van der Waals surface area contributed by atoms with Gasteiger partial charge in [-0.2, -0.15) is 0 Å². The van der Waals surface area contributed by atoms with Gasteiger partial charge >= 0.3 is 5.97 Å². The van der Waals surface area contributed by atoms with Crippen LogP contribution in [0.25, 0.3) is 11.0 Å². The topological polar surface area (TPSA) is 98.2 Å². The fourth-order valence-electron chi connectivity index (χ4n) is 2.32. The molecule has 1 amide bonds. The number of aryl methyl sites for hydroxylation is 1. The molecule has 1 heterocycles. The number of primary amides is 1. The summed E-state index contributed by atoms with van der Waals surface area (Å²) in [5.41, 5.74) is 8.01. The third kappa shape index (κ3) is 3.36. The minimum Gasteiger partial charge on any atom is -0.481 e. The smallest absolute Gasteiger partial charge is 0.313 e. The highest BCUT2D eigenvalue weighted by atomic mass is 32.2. The third-order valence-electron chi connectivity index (χ3n) is 3.14. The SMILES string of the molecule is Cc1cccc2nc(SCC(=O)O)n(C(C)CC(N)=O)c12. The summed E-state index contributed by atoms with van der Waals surface area (Å²) >= 11 is 1.15. The number of amides is 1. The van der Waals surface area contributed by atoms with E-state index in [1.807, 2.05) is 36.6 Å². The largest absolute Gasteiger partial charge is 0.481 e. The van der Waals surface area contributed by atoms with E-state index in [0.29, 0.717) is 5.16 Å². The normalized spacial score (nSPS) is 12.5. The van der Waals surface area contributed by atoms with Crippen LogP contribution in [0.2, 0.25) is 0 Å². The van der Waals surface area contributed by atoms with Crippen molar-refractivity contribution in [1.29, 1.82) is 0 Å². The predicted molar refractivity (Wildman–Crippen MR) is 81.4 cm³/mol. The molecule has 3 N–H and O–H groups in total. The number of carboxylic acid groups (broad SMARTS) is 1. The number of fused-ring (bicyclic) bond motifs is 1. The Kier molecular flexibility index (Phi) is 4.52. The molecule has 0 radical (unpaired) electrons. The van der Waals surface area contributed by atoms with Crippen molar-refractivity contribution in [1.82, 2.24) is 9.55 Å². The Labute approximate surface area is 126 Å². The van der Waals surface area contributed by atoms with Gasteiger partial charge in [-0.15, -0.1) is 0 Å². The van der Waals surface area contributed by atoms with E-state index in [0.717, 1.165) is 28.4 Å². The average Bonchev–Trinajstić information content (AvgIpc) is 2.75. The Morgan fingerprint density at radius 2 is 2.19 bits per heavy atom. The molecule has 0 bridgehead atoms. The number of hydrogen-bond acceptors (Lipinski definition) is 4. The van der Waals surface area contributed by atoms with Gasteiger partial charge in [0.1, 0.15) is 0 Å². The number of carboxylic acids is 1. The van der Waals surface area contributed by atoms with Crippen LogP contribution in [-0.4, -0.2) is 32.3 Å². The van der Waals surface area contributed by atoms with Crippen molar-refractivity contribution in [3.8, 4) is 0 Å². The Morgan fingerprint density at radius 1 is 1.48 bits per heavy atom. The zero-order valence-electron chi connectivity index (χ0n) is 11.9. The Bertz CT molecular complexity index is 696. The first-order valence-corrected chi connectivity index (χ1v) is 7.49. The lowest BCUT2D eigenvalue weighted by molar-refractivity contribution is -0.134. The number of carbonyl (C=O) groups excluding carboxylic acids is 1. The van der Waals surface area contributed by atoms with Crippen LogP contribution in [0.1, 0.15) is 24.9 Å². The fourth-order valence-corrected chi connectivity index (χ4v) is 3.14. The molecule has 112 valence electrons. The van der Waals surface area contributed by atoms with Gasteiger partial charge in [-0.1, -0.05) is 23.9 Å². The molecule has 1 unspecified atom stereocenters.